The highest BCUT2D eigenvalue weighted by Gasteiger charge is 2.23. The Morgan fingerprint density at radius 3 is 2.68 bits per heavy atom. The van der Waals surface area contributed by atoms with Gasteiger partial charge in [-0.3, -0.25) is 9.58 Å². The van der Waals surface area contributed by atoms with E-state index in [2.05, 4.69) is 65.7 Å². The Kier molecular flexibility index (Phi) is 6.41. The molecule has 0 amide bonds. The minimum Gasteiger partial charge on any atom is -0.308 e. The zero-order valence-corrected chi connectivity index (χ0v) is 15.0. The molecule has 0 aromatic carbocycles. The summed E-state index contributed by atoms with van der Waals surface area (Å²) in [5.74, 6) is 0. The highest BCUT2D eigenvalue weighted by atomic mass is 15.3. The lowest BCUT2D eigenvalue weighted by molar-refractivity contribution is 0.106. The molecule has 5 heteroatoms. The summed E-state index contributed by atoms with van der Waals surface area (Å²) < 4.78 is 2.05. The Hall–Kier alpha value is -0.910. The lowest BCUT2D eigenvalue weighted by atomic mass is 10.0. The van der Waals surface area contributed by atoms with Crippen molar-refractivity contribution in [1.82, 2.24) is 24.5 Å². The van der Waals surface area contributed by atoms with Gasteiger partial charge < -0.3 is 9.80 Å². The molecule has 1 fully saturated rings. The molecular weight excluding hydrogens is 274 g/mol. The van der Waals surface area contributed by atoms with Crippen molar-refractivity contribution in [3.8, 4) is 0 Å². The fraction of sp³-hybridized carbons (Fsp3) is 0.824. The first-order valence-corrected chi connectivity index (χ1v) is 8.59. The maximum absolute atomic E-state index is 4.57. The van der Waals surface area contributed by atoms with Crippen molar-refractivity contribution in [3.05, 3.63) is 17.5 Å². The normalized spacial score (nSPS) is 20.2. The van der Waals surface area contributed by atoms with Crippen LogP contribution in [0, 0.1) is 6.92 Å². The van der Waals surface area contributed by atoms with Gasteiger partial charge in [-0.15, -0.1) is 0 Å². The van der Waals surface area contributed by atoms with E-state index in [4.69, 9.17) is 0 Å². The topological polar surface area (TPSA) is 27.5 Å². The number of aryl methyl sites for hydroxylation is 2. The van der Waals surface area contributed by atoms with E-state index in [1.165, 1.54) is 37.2 Å². The van der Waals surface area contributed by atoms with Gasteiger partial charge in [0, 0.05) is 50.5 Å². The number of likely N-dealkylation sites (tertiary alicyclic amines) is 1. The summed E-state index contributed by atoms with van der Waals surface area (Å²) in [6.45, 7) is 11.0. The molecule has 1 aromatic heterocycles. The van der Waals surface area contributed by atoms with Gasteiger partial charge in [0.2, 0.25) is 0 Å². The van der Waals surface area contributed by atoms with Crippen molar-refractivity contribution in [3.63, 3.8) is 0 Å². The van der Waals surface area contributed by atoms with E-state index in [0.717, 1.165) is 26.2 Å². The molecule has 0 unspecified atom stereocenters. The van der Waals surface area contributed by atoms with Gasteiger partial charge in [0.15, 0.2) is 0 Å². The van der Waals surface area contributed by atoms with Gasteiger partial charge in [-0.25, -0.2) is 0 Å². The van der Waals surface area contributed by atoms with Gasteiger partial charge >= 0.3 is 0 Å². The molecule has 2 heterocycles. The summed E-state index contributed by atoms with van der Waals surface area (Å²) in [6, 6.07) is 0.690. The van der Waals surface area contributed by atoms with Gasteiger partial charge in [-0.2, -0.15) is 5.10 Å². The van der Waals surface area contributed by atoms with E-state index in [0.29, 0.717) is 6.04 Å². The average Bonchev–Trinajstić information content (AvgIpc) is 2.85. The third-order valence-electron chi connectivity index (χ3n) is 4.77. The van der Waals surface area contributed by atoms with Crippen LogP contribution in [0.1, 0.15) is 31.0 Å². The fourth-order valence-electron chi connectivity index (χ4n) is 3.19. The molecule has 1 saturated heterocycles. The van der Waals surface area contributed by atoms with Crippen LogP contribution in [0.3, 0.4) is 0 Å². The van der Waals surface area contributed by atoms with Crippen LogP contribution in [0.4, 0.5) is 0 Å². The number of nitrogens with zero attached hydrogens (tertiary/aromatic N) is 5. The summed E-state index contributed by atoms with van der Waals surface area (Å²) in [6.07, 6.45) is 4.85. The Bertz CT molecular complexity index is 454. The monoisotopic (exact) mass is 307 g/mol. The van der Waals surface area contributed by atoms with Gasteiger partial charge in [-0.05, 0) is 54.4 Å². The number of rotatable bonds is 7. The zero-order chi connectivity index (χ0) is 16.1. The number of piperidine rings is 1. The first kappa shape index (κ1) is 17.4. The van der Waals surface area contributed by atoms with Crippen LogP contribution in [-0.4, -0.2) is 77.8 Å². The first-order chi connectivity index (χ1) is 10.5. The highest BCUT2D eigenvalue weighted by Crippen LogP contribution is 2.18. The third-order valence-corrected chi connectivity index (χ3v) is 4.77. The minimum absolute atomic E-state index is 0.690. The van der Waals surface area contributed by atoms with Crippen LogP contribution >= 0.6 is 0 Å². The van der Waals surface area contributed by atoms with Crippen LogP contribution in [0.2, 0.25) is 0 Å². The maximum Gasteiger partial charge on any atom is 0.0638 e. The van der Waals surface area contributed by atoms with Crippen molar-refractivity contribution in [2.24, 2.45) is 0 Å². The molecule has 2 rings (SSSR count). The molecule has 22 heavy (non-hydrogen) atoms. The maximum atomic E-state index is 4.57. The van der Waals surface area contributed by atoms with E-state index >= 15 is 0 Å². The number of hydrogen-bond acceptors (Lipinski definition) is 4. The van der Waals surface area contributed by atoms with Crippen molar-refractivity contribution in [2.75, 3.05) is 47.3 Å². The lowest BCUT2D eigenvalue weighted by Crippen LogP contribution is -2.47. The van der Waals surface area contributed by atoms with Crippen LogP contribution < -0.4 is 0 Å². The Labute approximate surface area is 135 Å². The highest BCUT2D eigenvalue weighted by molar-refractivity contribution is 5.15. The van der Waals surface area contributed by atoms with E-state index in [1.807, 2.05) is 0 Å². The standard InChI is InChI=1S/C17H33N5/c1-6-22-13-16(15(2)18-22)12-21-9-7-8-17(14-21)20(5)11-10-19(3)4/h13,17H,6-12,14H2,1-5H3/t17-/m0/s1. The van der Waals surface area contributed by atoms with Crippen molar-refractivity contribution < 1.29 is 0 Å². The van der Waals surface area contributed by atoms with E-state index in [9.17, 15) is 0 Å². The van der Waals surface area contributed by atoms with E-state index in [-0.39, 0.29) is 0 Å². The molecule has 5 nitrogen and oxygen atoms in total. The quantitative estimate of drug-likeness (QED) is 0.766. The molecule has 126 valence electrons. The van der Waals surface area contributed by atoms with Crippen LogP contribution in [0.5, 0.6) is 0 Å². The van der Waals surface area contributed by atoms with E-state index < -0.39 is 0 Å². The second-order valence-corrected chi connectivity index (χ2v) is 6.91. The largest absolute Gasteiger partial charge is 0.308 e. The number of hydrogen-bond donors (Lipinski definition) is 0. The Balaban J connectivity index is 1.88. The van der Waals surface area contributed by atoms with Crippen molar-refractivity contribution in [1.29, 1.82) is 0 Å². The molecule has 0 aliphatic carbocycles. The molecular formula is C17H33N5. The SMILES string of the molecule is CCn1cc(CN2CCC[C@H](N(C)CCN(C)C)C2)c(C)n1. The van der Waals surface area contributed by atoms with Crippen LogP contribution in [0.15, 0.2) is 6.20 Å². The fourth-order valence-corrected chi connectivity index (χ4v) is 3.19. The summed E-state index contributed by atoms with van der Waals surface area (Å²) in [5.41, 5.74) is 2.57. The second-order valence-electron chi connectivity index (χ2n) is 6.91. The summed E-state index contributed by atoms with van der Waals surface area (Å²) in [5, 5.41) is 4.57. The van der Waals surface area contributed by atoms with Gasteiger partial charge in [0.05, 0.1) is 5.69 Å². The number of aromatic nitrogens is 2. The summed E-state index contributed by atoms with van der Waals surface area (Å²) >= 11 is 0. The zero-order valence-electron chi connectivity index (χ0n) is 15.0. The van der Waals surface area contributed by atoms with Crippen molar-refractivity contribution in [2.45, 2.75) is 45.8 Å². The molecule has 1 atom stereocenters. The molecule has 0 spiro atoms. The summed E-state index contributed by atoms with van der Waals surface area (Å²) in [4.78, 5) is 7.40. The Morgan fingerprint density at radius 2 is 2.05 bits per heavy atom. The van der Waals surface area contributed by atoms with Crippen molar-refractivity contribution >= 4 is 0 Å². The molecule has 1 aromatic rings. The molecule has 0 saturated carbocycles. The molecule has 1 aliphatic rings. The predicted molar refractivity (Wildman–Crippen MR) is 92.1 cm³/mol. The lowest BCUT2D eigenvalue weighted by Gasteiger charge is -2.38. The van der Waals surface area contributed by atoms with Gasteiger partial charge in [0.25, 0.3) is 0 Å². The van der Waals surface area contributed by atoms with E-state index in [1.54, 1.807) is 0 Å². The molecule has 0 radical (unpaired) electrons. The van der Waals surface area contributed by atoms with Crippen LogP contribution in [-0.2, 0) is 13.1 Å². The first-order valence-electron chi connectivity index (χ1n) is 8.59. The third kappa shape index (κ3) is 4.80. The second kappa shape index (κ2) is 8.09. The minimum atomic E-state index is 0.690. The van der Waals surface area contributed by atoms with Gasteiger partial charge in [0.1, 0.15) is 0 Å². The smallest absolute Gasteiger partial charge is 0.0638 e. The molecule has 1 aliphatic heterocycles. The van der Waals surface area contributed by atoms with Gasteiger partial charge in [-0.1, -0.05) is 0 Å². The Morgan fingerprint density at radius 1 is 1.27 bits per heavy atom. The number of likely N-dealkylation sites (N-methyl/N-ethyl adjacent to an activating group) is 2. The average molecular weight is 307 g/mol. The van der Waals surface area contributed by atoms with Crippen LogP contribution in [0.25, 0.3) is 0 Å². The summed E-state index contributed by atoms with van der Waals surface area (Å²) in [7, 11) is 6.57. The molecule has 0 N–H and O–H groups in total. The molecule has 0 bridgehead atoms. The predicted octanol–water partition coefficient (Wildman–Crippen LogP) is 1.67.